The number of amides is 1. The summed E-state index contributed by atoms with van der Waals surface area (Å²) in [6.07, 6.45) is 5.16. The van der Waals surface area contributed by atoms with Crippen LogP contribution in [0.1, 0.15) is 49.4 Å². The van der Waals surface area contributed by atoms with E-state index in [4.69, 9.17) is 17.0 Å². The zero-order valence-electron chi connectivity index (χ0n) is 15.0. The van der Waals surface area contributed by atoms with Crippen molar-refractivity contribution < 1.29 is 9.53 Å². The number of hydrogen-bond donors (Lipinski definition) is 2. The van der Waals surface area contributed by atoms with E-state index >= 15 is 0 Å². The molecule has 1 amide bonds. The highest BCUT2D eigenvalue weighted by molar-refractivity contribution is 7.71. The lowest BCUT2D eigenvalue weighted by molar-refractivity contribution is 0.0952. The number of unbranched alkanes of at least 4 members (excludes halogenated alkanes) is 2. The second-order valence-corrected chi connectivity index (χ2v) is 7.09. The topological polar surface area (TPSA) is 76.1 Å². The summed E-state index contributed by atoms with van der Waals surface area (Å²) >= 11 is 5.36. The van der Waals surface area contributed by atoms with E-state index in [2.05, 4.69) is 17.2 Å². The molecule has 1 aliphatic rings. The van der Waals surface area contributed by atoms with E-state index in [1.165, 1.54) is 0 Å². The molecule has 2 N–H and O–H groups in total. The van der Waals surface area contributed by atoms with E-state index < -0.39 is 0 Å². The highest BCUT2D eigenvalue weighted by atomic mass is 32.1. The highest BCUT2D eigenvalue weighted by Gasteiger charge is 2.18. The van der Waals surface area contributed by atoms with Crippen molar-refractivity contribution in [3.8, 4) is 0 Å². The zero-order valence-corrected chi connectivity index (χ0v) is 15.9. The molecule has 0 aliphatic carbocycles. The van der Waals surface area contributed by atoms with Gasteiger partial charge in [0.05, 0.1) is 23.6 Å². The number of carbonyl (C=O) groups is 1. The lowest BCUT2D eigenvalue weighted by Gasteiger charge is -2.13. The summed E-state index contributed by atoms with van der Waals surface area (Å²) in [6, 6.07) is 5.07. The second kappa shape index (κ2) is 8.60. The van der Waals surface area contributed by atoms with Gasteiger partial charge in [-0.15, -0.1) is 0 Å². The standard InChI is InChI=1S/C19H25N3O3S/c1-2-3-4-9-20-17(23)13-7-8-15-16(11-13)21-19(26)22(18(15)24)12-14-6-5-10-25-14/h7-8,11,14H,2-6,9-10,12H2,1H3,(H,20,23)(H,21,26)/t14-/m1/s1. The van der Waals surface area contributed by atoms with Gasteiger partial charge in [-0.1, -0.05) is 19.8 Å². The molecule has 1 aromatic heterocycles. The Labute approximate surface area is 157 Å². The Hall–Kier alpha value is -1.99. The summed E-state index contributed by atoms with van der Waals surface area (Å²) in [5.41, 5.74) is 0.967. The van der Waals surface area contributed by atoms with Gasteiger partial charge in [0.1, 0.15) is 0 Å². The van der Waals surface area contributed by atoms with Crippen molar-refractivity contribution in [1.29, 1.82) is 0 Å². The number of rotatable bonds is 7. The number of aromatic amines is 1. The fourth-order valence-corrected chi connectivity index (χ4v) is 3.50. The van der Waals surface area contributed by atoms with Crippen molar-refractivity contribution in [2.24, 2.45) is 0 Å². The molecule has 1 fully saturated rings. The minimum absolute atomic E-state index is 0.0356. The van der Waals surface area contributed by atoms with Gasteiger partial charge in [-0.2, -0.15) is 0 Å². The fourth-order valence-electron chi connectivity index (χ4n) is 3.23. The summed E-state index contributed by atoms with van der Waals surface area (Å²) in [5, 5.41) is 3.44. The van der Waals surface area contributed by atoms with Crippen LogP contribution >= 0.6 is 12.2 Å². The van der Waals surface area contributed by atoms with Crippen molar-refractivity contribution >= 4 is 29.0 Å². The highest BCUT2D eigenvalue weighted by Crippen LogP contribution is 2.15. The normalized spacial score (nSPS) is 16.9. The van der Waals surface area contributed by atoms with Gasteiger partial charge < -0.3 is 15.0 Å². The first-order valence-corrected chi connectivity index (χ1v) is 9.67. The van der Waals surface area contributed by atoms with Crippen LogP contribution < -0.4 is 10.9 Å². The number of ether oxygens (including phenoxy) is 1. The molecule has 0 spiro atoms. The van der Waals surface area contributed by atoms with E-state index in [1.807, 2.05) is 0 Å². The maximum absolute atomic E-state index is 12.8. The van der Waals surface area contributed by atoms with Gasteiger partial charge in [-0.25, -0.2) is 0 Å². The molecule has 2 aromatic rings. The van der Waals surface area contributed by atoms with Crippen molar-refractivity contribution in [3.63, 3.8) is 0 Å². The van der Waals surface area contributed by atoms with Crippen LogP contribution in [0.5, 0.6) is 0 Å². The van der Waals surface area contributed by atoms with E-state index in [-0.39, 0.29) is 17.6 Å². The summed E-state index contributed by atoms with van der Waals surface area (Å²) in [5.74, 6) is -0.133. The van der Waals surface area contributed by atoms with Crippen molar-refractivity contribution in [1.82, 2.24) is 14.9 Å². The van der Waals surface area contributed by atoms with Gasteiger partial charge in [0, 0.05) is 18.7 Å². The van der Waals surface area contributed by atoms with E-state index in [9.17, 15) is 9.59 Å². The molecule has 140 valence electrons. The largest absolute Gasteiger partial charge is 0.376 e. The molecule has 26 heavy (non-hydrogen) atoms. The minimum atomic E-state index is -0.144. The maximum atomic E-state index is 12.8. The Morgan fingerprint density at radius 3 is 3.00 bits per heavy atom. The Bertz CT molecular complexity index is 897. The Kier molecular flexibility index (Phi) is 6.21. The number of aromatic nitrogens is 2. The molecule has 0 radical (unpaired) electrons. The monoisotopic (exact) mass is 375 g/mol. The van der Waals surface area contributed by atoms with Crippen molar-refractivity contribution in [2.75, 3.05) is 13.2 Å². The third kappa shape index (κ3) is 4.22. The minimum Gasteiger partial charge on any atom is -0.376 e. The Balaban J connectivity index is 1.83. The first kappa shape index (κ1) is 18.8. The molecule has 1 saturated heterocycles. The first-order chi connectivity index (χ1) is 12.6. The second-order valence-electron chi connectivity index (χ2n) is 6.70. The SMILES string of the molecule is CCCCCNC(=O)c1ccc2c(=O)n(C[C@H]3CCCO3)c(=S)[nH]c2c1. The number of hydrogen-bond acceptors (Lipinski definition) is 4. The number of benzene rings is 1. The summed E-state index contributed by atoms with van der Waals surface area (Å²) in [6.45, 7) is 3.98. The van der Waals surface area contributed by atoms with Crippen molar-refractivity contribution in [3.05, 3.63) is 38.9 Å². The predicted octanol–water partition coefficient (Wildman–Crippen LogP) is 3.16. The van der Waals surface area contributed by atoms with Gasteiger partial charge in [-0.3, -0.25) is 14.2 Å². The summed E-state index contributed by atoms with van der Waals surface area (Å²) < 4.78 is 7.52. The number of carbonyl (C=O) groups excluding carboxylic acids is 1. The van der Waals surface area contributed by atoms with Gasteiger partial charge in [0.2, 0.25) is 0 Å². The van der Waals surface area contributed by atoms with Gasteiger partial charge in [0.15, 0.2) is 4.77 Å². The molecule has 1 aromatic carbocycles. The number of nitrogens with zero attached hydrogens (tertiary/aromatic N) is 1. The van der Waals surface area contributed by atoms with Crippen LogP contribution in [-0.4, -0.2) is 34.7 Å². The first-order valence-electron chi connectivity index (χ1n) is 9.27. The van der Waals surface area contributed by atoms with Gasteiger partial charge in [0.25, 0.3) is 11.5 Å². The lowest BCUT2D eigenvalue weighted by atomic mass is 10.1. The molecule has 0 bridgehead atoms. The third-order valence-corrected chi connectivity index (χ3v) is 5.04. The van der Waals surface area contributed by atoms with Crippen LogP contribution in [0, 0.1) is 4.77 Å². The average molecular weight is 375 g/mol. The number of H-pyrrole nitrogens is 1. The zero-order chi connectivity index (χ0) is 18.5. The molecule has 3 rings (SSSR count). The molecule has 2 heterocycles. The Morgan fingerprint density at radius 2 is 2.27 bits per heavy atom. The number of fused-ring (bicyclic) bond motifs is 1. The quantitative estimate of drug-likeness (QED) is 0.576. The van der Waals surface area contributed by atoms with Crippen LogP contribution in [0.25, 0.3) is 10.9 Å². The summed E-state index contributed by atoms with van der Waals surface area (Å²) in [4.78, 5) is 28.1. The molecular formula is C19H25N3O3S. The molecule has 1 aliphatic heterocycles. The van der Waals surface area contributed by atoms with Crippen LogP contribution in [0.4, 0.5) is 0 Å². The van der Waals surface area contributed by atoms with E-state index in [1.54, 1.807) is 22.8 Å². The molecule has 0 saturated carbocycles. The van der Waals surface area contributed by atoms with Crippen molar-refractivity contribution in [2.45, 2.75) is 51.7 Å². The predicted molar refractivity (Wildman–Crippen MR) is 104 cm³/mol. The fraction of sp³-hybridized carbons (Fsp3) is 0.526. The van der Waals surface area contributed by atoms with Crippen LogP contribution in [0.15, 0.2) is 23.0 Å². The van der Waals surface area contributed by atoms with Gasteiger partial charge >= 0.3 is 0 Å². The smallest absolute Gasteiger partial charge is 0.262 e. The van der Waals surface area contributed by atoms with Gasteiger partial charge in [-0.05, 0) is 49.7 Å². The average Bonchev–Trinajstić information content (AvgIpc) is 3.15. The summed E-state index contributed by atoms with van der Waals surface area (Å²) in [7, 11) is 0. The third-order valence-electron chi connectivity index (χ3n) is 4.72. The van der Waals surface area contributed by atoms with Crippen LogP contribution in [0.3, 0.4) is 0 Å². The molecule has 7 heteroatoms. The number of nitrogens with one attached hydrogen (secondary N) is 2. The molecular weight excluding hydrogens is 350 g/mol. The maximum Gasteiger partial charge on any atom is 0.262 e. The molecule has 1 atom stereocenters. The molecule has 6 nitrogen and oxygen atoms in total. The van der Waals surface area contributed by atoms with Crippen LogP contribution in [0.2, 0.25) is 0 Å². The van der Waals surface area contributed by atoms with E-state index in [0.29, 0.717) is 34.3 Å². The Morgan fingerprint density at radius 1 is 1.42 bits per heavy atom. The van der Waals surface area contributed by atoms with E-state index in [0.717, 1.165) is 38.7 Å². The van der Waals surface area contributed by atoms with Crippen LogP contribution in [-0.2, 0) is 11.3 Å². The lowest BCUT2D eigenvalue weighted by Crippen LogP contribution is -2.28. The molecule has 0 unspecified atom stereocenters.